The Labute approximate surface area is 124 Å². The summed E-state index contributed by atoms with van der Waals surface area (Å²) in [6.45, 7) is 0. The molecule has 0 atom stereocenters. The first-order chi connectivity index (χ1) is 8.59. The van der Waals surface area contributed by atoms with Crippen molar-refractivity contribution in [2.75, 3.05) is 0 Å². The number of Topliss-reactive ketones (excluding diaryl/α,β-unsaturated/α-hetero) is 1. The SMILES string of the molecule is O=C(Cc1ccccc1Br)c1cccc(Cl)c1Cl. The minimum absolute atomic E-state index is 0.0469. The summed E-state index contributed by atoms with van der Waals surface area (Å²) in [6.07, 6.45) is 0.293. The molecule has 0 aliphatic carbocycles. The van der Waals surface area contributed by atoms with E-state index in [-0.39, 0.29) is 5.78 Å². The summed E-state index contributed by atoms with van der Waals surface area (Å²) in [5, 5.41) is 0.714. The molecule has 0 aromatic heterocycles. The number of hydrogen-bond donors (Lipinski definition) is 0. The van der Waals surface area contributed by atoms with E-state index in [1.165, 1.54) is 0 Å². The fraction of sp³-hybridized carbons (Fsp3) is 0.0714. The van der Waals surface area contributed by atoms with Gasteiger partial charge in [-0.15, -0.1) is 0 Å². The van der Waals surface area contributed by atoms with Gasteiger partial charge in [0.1, 0.15) is 0 Å². The Morgan fingerprint density at radius 1 is 1.06 bits per heavy atom. The van der Waals surface area contributed by atoms with Crippen LogP contribution in [0.15, 0.2) is 46.9 Å². The lowest BCUT2D eigenvalue weighted by molar-refractivity contribution is 0.0993. The van der Waals surface area contributed by atoms with Gasteiger partial charge in [-0.3, -0.25) is 4.79 Å². The van der Waals surface area contributed by atoms with Crippen molar-refractivity contribution in [1.29, 1.82) is 0 Å². The van der Waals surface area contributed by atoms with E-state index in [9.17, 15) is 4.79 Å². The van der Waals surface area contributed by atoms with Crippen molar-refractivity contribution in [2.45, 2.75) is 6.42 Å². The molecule has 0 aliphatic rings. The fourth-order valence-electron chi connectivity index (χ4n) is 1.63. The van der Waals surface area contributed by atoms with Gasteiger partial charge in [-0.25, -0.2) is 0 Å². The molecule has 1 nitrogen and oxygen atoms in total. The van der Waals surface area contributed by atoms with Crippen LogP contribution < -0.4 is 0 Å². The quantitative estimate of drug-likeness (QED) is 0.701. The maximum atomic E-state index is 12.2. The number of carbonyl (C=O) groups is 1. The monoisotopic (exact) mass is 342 g/mol. The van der Waals surface area contributed by atoms with Gasteiger partial charge in [0, 0.05) is 16.5 Å². The maximum absolute atomic E-state index is 12.2. The topological polar surface area (TPSA) is 17.1 Å². The molecule has 2 aromatic rings. The number of hydrogen-bond acceptors (Lipinski definition) is 1. The molecule has 0 bridgehead atoms. The average Bonchev–Trinajstić information content (AvgIpc) is 2.35. The first kappa shape index (κ1) is 13.6. The van der Waals surface area contributed by atoms with Crippen LogP contribution in [0.1, 0.15) is 15.9 Å². The van der Waals surface area contributed by atoms with Crippen LogP contribution in [0.2, 0.25) is 10.0 Å². The highest BCUT2D eigenvalue weighted by molar-refractivity contribution is 9.10. The zero-order valence-corrected chi connectivity index (χ0v) is 12.4. The molecule has 2 rings (SSSR count). The van der Waals surface area contributed by atoms with Crippen LogP contribution >= 0.6 is 39.1 Å². The molecule has 0 radical (unpaired) electrons. The number of carbonyl (C=O) groups excluding carboxylic acids is 1. The molecule has 0 spiro atoms. The number of rotatable bonds is 3. The second kappa shape index (κ2) is 5.87. The van der Waals surface area contributed by atoms with E-state index in [0.717, 1.165) is 10.0 Å². The van der Waals surface area contributed by atoms with Crippen LogP contribution in [0, 0.1) is 0 Å². The van der Waals surface area contributed by atoms with Crippen LogP contribution in [-0.4, -0.2) is 5.78 Å². The van der Waals surface area contributed by atoms with Gasteiger partial charge in [-0.1, -0.05) is 63.4 Å². The molecule has 0 saturated carbocycles. The van der Waals surface area contributed by atoms with E-state index in [4.69, 9.17) is 23.2 Å². The molecular formula is C14H9BrCl2O. The van der Waals surface area contributed by atoms with Crippen LogP contribution in [0.3, 0.4) is 0 Å². The lowest BCUT2D eigenvalue weighted by Crippen LogP contribution is -2.05. The van der Waals surface area contributed by atoms with Gasteiger partial charge < -0.3 is 0 Å². The lowest BCUT2D eigenvalue weighted by Gasteiger charge is -2.06. The second-order valence-electron chi connectivity index (χ2n) is 3.79. The Balaban J connectivity index is 2.28. The largest absolute Gasteiger partial charge is 0.294 e. The minimum Gasteiger partial charge on any atom is -0.294 e. The lowest BCUT2D eigenvalue weighted by atomic mass is 10.0. The highest BCUT2D eigenvalue weighted by Gasteiger charge is 2.14. The van der Waals surface area contributed by atoms with Crippen molar-refractivity contribution in [3.8, 4) is 0 Å². The summed E-state index contributed by atoms with van der Waals surface area (Å²) in [5.41, 5.74) is 1.39. The molecule has 2 aromatic carbocycles. The molecule has 4 heteroatoms. The zero-order valence-electron chi connectivity index (χ0n) is 9.29. The molecule has 0 aliphatic heterocycles. The highest BCUT2D eigenvalue weighted by Crippen LogP contribution is 2.27. The van der Waals surface area contributed by atoms with Gasteiger partial charge in [-0.05, 0) is 23.8 Å². The summed E-state index contributed by atoms with van der Waals surface area (Å²) >= 11 is 15.3. The van der Waals surface area contributed by atoms with E-state index >= 15 is 0 Å². The predicted molar refractivity (Wildman–Crippen MR) is 78.6 cm³/mol. The standard InChI is InChI=1S/C14H9BrCl2O/c15-11-6-2-1-4-9(11)8-13(18)10-5-3-7-12(16)14(10)17/h1-7H,8H2. The third kappa shape index (κ3) is 2.94. The summed E-state index contributed by atoms with van der Waals surface area (Å²) in [5.74, 6) is -0.0469. The molecule has 0 heterocycles. The van der Waals surface area contributed by atoms with Crippen LogP contribution in [0.4, 0.5) is 0 Å². The Hall–Kier alpha value is -0.830. The van der Waals surface area contributed by atoms with Crippen molar-refractivity contribution in [1.82, 2.24) is 0 Å². The number of halogens is 3. The first-order valence-electron chi connectivity index (χ1n) is 5.30. The maximum Gasteiger partial charge on any atom is 0.168 e. The van der Waals surface area contributed by atoms with Crippen molar-refractivity contribution >= 4 is 44.9 Å². The highest BCUT2D eigenvalue weighted by atomic mass is 79.9. The molecule has 0 unspecified atom stereocenters. The Kier molecular flexibility index (Phi) is 4.44. The average molecular weight is 344 g/mol. The van der Waals surface area contributed by atoms with Gasteiger partial charge in [-0.2, -0.15) is 0 Å². The summed E-state index contributed by atoms with van der Waals surface area (Å²) in [7, 11) is 0. The van der Waals surface area contributed by atoms with E-state index in [0.29, 0.717) is 22.0 Å². The van der Waals surface area contributed by atoms with E-state index in [2.05, 4.69) is 15.9 Å². The normalized spacial score (nSPS) is 10.4. The number of ketones is 1. The molecule has 18 heavy (non-hydrogen) atoms. The summed E-state index contributed by atoms with van der Waals surface area (Å²) in [6, 6.07) is 12.7. The summed E-state index contributed by atoms with van der Waals surface area (Å²) < 4.78 is 0.913. The fourth-order valence-corrected chi connectivity index (χ4v) is 2.46. The van der Waals surface area contributed by atoms with Crippen molar-refractivity contribution in [2.24, 2.45) is 0 Å². The van der Waals surface area contributed by atoms with E-state index in [1.807, 2.05) is 24.3 Å². The Morgan fingerprint density at radius 2 is 1.78 bits per heavy atom. The third-order valence-corrected chi connectivity index (χ3v) is 4.15. The Morgan fingerprint density at radius 3 is 2.50 bits per heavy atom. The molecule has 92 valence electrons. The van der Waals surface area contributed by atoms with Gasteiger partial charge in [0.05, 0.1) is 10.0 Å². The molecule has 0 fully saturated rings. The third-order valence-electron chi connectivity index (χ3n) is 2.56. The summed E-state index contributed by atoms with van der Waals surface area (Å²) in [4.78, 5) is 12.2. The predicted octanol–water partition coefficient (Wildman–Crippen LogP) is 5.18. The van der Waals surface area contributed by atoms with Gasteiger partial charge in [0.2, 0.25) is 0 Å². The van der Waals surface area contributed by atoms with Crippen molar-refractivity contribution in [3.05, 3.63) is 68.1 Å². The van der Waals surface area contributed by atoms with Crippen molar-refractivity contribution < 1.29 is 4.79 Å². The minimum atomic E-state index is -0.0469. The van der Waals surface area contributed by atoms with Crippen LogP contribution in [0.25, 0.3) is 0 Å². The van der Waals surface area contributed by atoms with E-state index in [1.54, 1.807) is 18.2 Å². The smallest absolute Gasteiger partial charge is 0.168 e. The molecule has 0 N–H and O–H groups in total. The van der Waals surface area contributed by atoms with Crippen molar-refractivity contribution in [3.63, 3.8) is 0 Å². The molecule has 0 amide bonds. The second-order valence-corrected chi connectivity index (χ2v) is 5.43. The van der Waals surface area contributed by atoms with Gasteiger partial charge in [0.15, 0.2) is 5.78 Å². The molecular weight excluding hydrogens is 335 g/mol. The zero-order chi connectivity index (χ0) is 13.1. The van der Waals surface area contributed by atoms with Crippen LogP contribution in [0.5, 0.6) is 0 Å². The molecule has 0 saturated heterocycles. The van der Waals surface area contributed by atoms with E-state index < -0.39 is 0 Å². The Bertz CT molecular complexity index is 596. The van der Waals surface area contributed by atoms with Gasteiger partial charge >= 0.3 is 0 Å². The van der Waals surface area contributed by atoms with Gasteiger partial charge in [0.25, 0.3) is 0 Å². The first-order valence-corrected chi connectivity index (χ1v) is 6.85. The number of benzene rings is 2. The van der Waals surface area contributed by atoms with Crippen LogP contribution in [-0.2, 0) is 6.42 Å².